The van der Waals surface area contributed by atoms with Crippen LogP contribution in [0.4, 0.5) is 0 Å². The average molecular weight is 382 g/mol. The number of carboxylic acids is 1. The molecule has 0 amide bonds. The normalized spacial score (nSPS) is 13.0. The zero-order valence-corrected chi connectivity index (χ0v) is 14.4. The summed E-state index contributed by atoms with van der Waals surface area (Å²) < 4.78 is 36.4. The van der Waals surface area contributed by atoms with Gasteiger partial charge in [0.2, 0.25) is 10.0 Å². The van der Waals surface area contributed by atoms with Gasteiger partial charge in [0.15, 0.2) is 0 Å². The Morgan fingerprint density at radius 2 is 1.81 bits per heavy atom. The summed E-state index contributed by atoms with van der Waals surface area (Å²) in [4.78, 5) is 10.8. The summed E-state index contributed by atoms with van der Waals surface area (Å²) in [6, 6.07) is 1.52. The molecule has 0 saturated carbocycles. The van der Waals surface area contributed by atoms with E-state index in [1.165, 1.54) is 40.3 Å². The zero-order valence-electron chi connectivity index (χ0n) is 12.0. The summed E-state index contributed by atoms with van der Waals surface area (Å²) >= 11 is 3.20. The molecule has 1 unspecified atom stereocenters. The Morgan fingerprint density at radius 3 is 2.24 bits per heavy atom. The molecule has 0 bridgehead atoms. The molecule has 0 saturated heterocycles. The monoisotopic (exact) mass is 381 g/mol. The first-order chi connectivity index (χ1) is 9.66. The molecular weight excluding hydrogens is 366 g/mol. The highest BCUT2D eigenvalue weighted by Crippen LogP contribution is 2.36. The topological polar surface area (TPSA) is 93.1 Å². The van der Waals surface area contributed by atoms with Gasteiger partial charge in [0.05, 0.1) is 18.7 Å². The van der Waals surface area contributed by atoms with Crippen molar-refractivity contribution in [2.24, 2.45) is 0 Å². The van der Waals surface area contributed by atoms with E-state index >= 15 is 0 Å². The summed E-state index contributed by atoms with van der Waals surface area (Å²) in [5, 5.41) is 8.96. The molecule has 0 aliphatic rings. The number of benzene rings is 1. The van der Waals surface area contributed by atoms with Gasteiger partial charge >= 0.3 is 5.97 Å². The van der Waals surface area contributed by atoms with Gasteiger partial charge in [0.25, 0.3) is 0 Å². The largest absolute Gasteiger partial charge is 0.495 e. The van der Waals surface area contributed by atoms with Crippen LogP contribution in [0.5, 0.6) is 11.5 Å². The van der Waals surface area contributed by atoms with Crippen molar-refractivity contribution in [3.63, 3.8) is 0 Å². The number of rotatable bonds is 6. The van der Waals surface area contributed by atoms with Crippen LogP contribution in [0.1, 0.15) is 6.92 Å². The molecule has 1 atom stereocenters. The van der Waals surface area contributed by atoms with E-state index in [4.69, 9.17) is 14.6 Å². The predicted octanol–water partition coefficient (Wildman–Crippen LogP) is 1.56. The fraction of sp³-hybridized carbons (Fsp3) is 0.417. The number of likely N-dealkylation sites (N-methyl/N-ethyl adjacent to an activating group) is 1. The Labute approximate surface area is 131 Å². The highest BCUT2D eigenvalue weighted by Gasteiger charge is 2.32. The first-order valence-corrected chi connectivity index (χ1v) is 8.02. The molecule has 0 aliphatic carbocycles. The quantitative estimate of drug-likeness (QED) is 0.803. The molecule has 1 aromatic rings. The van der Waals surface area contributed by atoms with Crippen molar-refractivity contribution < 1.29 is 27.8 Å². The predicted molar refractivity (Wildman–Crippen MR) is 79.3 cm³/mol. The van der Waals surface area contributed by atoms with Crippen molar-refractivity contribution in [1.82, 2.24) is 4.31 Å². The van der Waals surface area contributed by atoms with E-state index in [9.17, 15) is 13.2 Å². The number of aliphatic carboxylic acids is 1. The second kappa shape index (κ2) is 6.63. The minimum atomic E-state index is -4.03. The molecule has 0 radical (unpaired) electrons. The van der Waals surface area contributed by atoms with Crippen LogP contribution in [0.15, 0.2) is 21.5 Å². The SMILES string of the molecule is COc1cc(OC)c(S(=O)(=O)N(C)C(C)C(=O)O)cc1Br. The van der Waals surface area contributed by atoms with E-state index in [0.717, 1.165) is 4.31 Å². The molecule has 118 valence electrons. The summed E-state index contributed by atoms with van der Waals surface area (Å²) in [5.74, 6) is -0.771. The highest BCUT2D eigenvalue weighted by molar-refractivity contribution is 9.10. The van der Waals surface area contributed by atoms with Crippen molar-refractivity contribution in [2.45, 2.75) is 17.9 Å². The second-order valence-corrected chi connectivity index (χ2v) is 6.99. The van der Waals surface area contributed by atoms with Crippen molar-refractivity contribution in [1.29, 1.82) is 0 Å². The maximum absolute atomic E-state index is 12.5. The Balaban J connectivity index is 3.44. The van der Waals surface area contributed by atoms with Gasteiger partial charge in [0.1, 0.15) is 22.4 Å². The van der Waals surface area contributed by atoms with E-state index in [1.807, 2.05) is 0 Å². The zero-order chi connectivity index (χ0) is 16.4. The lowest BCUT2D eigenvalue weighted by Gasteiger charge is -2.22. The molecule has 0 spiro atoms. The van der Waals surface area contributed by atoms with E-state index in [2.05, 4.69) is 15.9 Å². The van der Waals surface area contributed by atoms with E-state index < -0.39 is 22.0 Å². The highest BCUT2D eigenvalue weighted by atomic mass is 79.9. The van der Waals surface area contributed by atoms with Gasteiger partial charge in [-0.15, -0.1) is 0 Å². The van der Waals surface area contributed by atoms with Gasteiger partial charge in [-0.3, -0.25) is 4.79 Å². The van der Waals surface area contributed by atoms with Gasteiger partial charge < -0.3 is 14.6 Å². The minimum Gasteiger partial charge on any atom is -0.495 e. The Bertz CT molecular complexity index is 645. The Hall–Kier alpha value is -1.32. The van der Waals surface area contributed by atoms with E-state index in [-0.39, 0.29) is 10.6 Å². The molecular formula is C12H16BrNO6S. The average Bonchev–Trinajstić information content (AvgIpc) is 2.44. The minimum absolute atomic E-state index is 0.0690. The summed E-state index contributed by atoms with van der Waals surface area (Å²) in [7, 11) is -0.0728. The van der Waals surface area contributed by atoms with E-state index in [0.29, 0.717) is 10.2 Å². The third-order valence-electron chi connectivity index (χ3n) is 3.00. The molecule has 1 N–H and O–H groups in total. The fourth-order valence-electron chi connectivity index (χ4n) is 1.55. The van der Waals surface area contributed by atoms with Crippen molar-refractivity contribution in [3.8, 4) is 11.5 Å². The Morgan fingerprint density at radius 1 is 1.29 bits per heavy atom. The third kappa shape index (κ3) is 3.47. The maximum atomic E-state index is 12.5. The molecule has 9 heteroatoms. The lowest BCUT2D eigenvalue weighted by Crippen LogP contribution is -2.40. The van der Waals surface area contributed by atoms with Gasteiger partial charge in [-0.2, -0.15) is 4.31 Å². The number of hydrogen-bond donors (Lipinski definition) is 1. The smallest absolute Gasteiger partial charge is 0.321 e. The summed E-state index contributed by atoms with van der Waals surface area (Å²) in [5.41, 5.74) is 0. The van der Waals surface area contributed by atoms with Crippen molar-refractivity contribution >= 4 is 31.9 Å². The van der Waals surface area contributed by atoms with Gasteiger partial charge in [-0.1, -0.05) is 0 Å². The number of sulfonamides is 1. The van der Waals surface area contributed by atoms with Crippen LogP contribution in [-0.4, -0.2) is 51.1 Å². The molecule has 0 heterocycles. The standard InChI is InChI=1S/C12H16BrNO6S/c1-7(12(15)16)14(2)21(17,18)11-5-8(13)9(19-3)6-10(11)20-4/h5-7H,1-4H3,(H,15,16). The summed E-state index contributed by atoms with van der Waals surface area (Å²) in [6.45, 7) is 1.28. The lowest BCUT2D eigenvalue weighted by atomic mass is 10.3. The van der Waals surface area contributed by atoms with Crippen LogP contribution in [0.25, 0.3) is 0 Å². The molecule has 0 fully saturated rings. The number of nitrogens with zero attached hydrogens (tertiary/aromatic N) is 1. The first kappa shape index (κ1) is 17.7. The molecule has 1 rings (SSSR count). The molecule has 21 heavy (non-hydrogen) atoms. The lowest BCUT2D eigenvalue weighted by molar-refractivity contribution is -0.140. The Kier molecular flexibility index (Phi) is 5.60. The number of carbonyl (C=O) groups is 1. The number of hydrogen-bond acceptors (Lipinski definition) is 5. The number of methoxy groups -OCH3 is 2. The van der Waals surface area contributed by atoms with Crippen molar-refractivity contribution in [2.75, 3.05) is 21.3 Å². The number of carboxylic acid groups (broad SMARTS) is 1. The molecule has 1 aromatic carbocycles. The van der Waals surface area contributed by atoms with Crippen LogP contribution in [0, 0.1) is 0 Å². The van der Waals surface area contributed by atoms with Crippen molar-refractivity contribution in [3.05, 3.63) is 16.6 Å². The van der Waals surface area contributed by atoms with Crippen LogP contribution in [0.2, 0.25) is 0 Å². The fourth-order valence-corrected chi connectivity index (χ4v) is 3.69. The maximum Gasteiger partial charge on any atom is 0.321 e. The van der Waals surface area contributed by atoms with Crippen LogP contribution >= 0.6 is 15.9 Å². The van der Waals surface area contributed by atoms with E-state index in [1.54, 1.807) is 0 Å². The molecule has 7 nitrogen and oxygen atoms in total. The number of halogens is 1. The number of ether oxygens (including phenoxy) is 2. The van der Waals surface area contributed by atoms with Gasteiger partial charge in [-0.05, 0) is 28.9 Å². The third-order valence-corrected chi connectivity index (χ3v) is 5.57. The first-order valence-electron chi connectivity index (χ1n) is 5.79. The molecule has 0 aromatic heterocycles. The summed E-state index contributed by atoms with van der Waals surface area (Å²) in [6.07, 6.45) is 0. The van der Waals surface area contributed by atoms with Gasteiger partial charge in [-0.25, -0.2) is 8.42 Å². The second-order valence-electron chi connectivity index (χ2n) is 4.17. The van der Waals surface area contributed by atoms with Crippen LogP contribution in [0.3, 0.4) is 0 Å². The van der Waals surface area contributed by atoms with Crippen LogP contribution < -0.4 is 9.47 Å². The molecule has 0 aliphatic heterocycles. The van der Waals surface area contributed by atoms with Gasteiger partial charge in [0, 0.05) is 13.1 Å². The van der Waals surface area contributed by atoms with Crippen LogP contribution in [-0.2, 0) is 14.8 Å².